The third-order valence-corrected chi connectivity index (χ3v) is 4.83. The maximum Gasteiger partial charge on any atom is 0.349 e. The van der Waals surface area contributed by atoms with E-state index in [1.807, 2.05) is 30.3 Å². The summed E-state index contributed by atoms with van der Waals surface area (Å²) in [5, 5.41) is 2.65. The molecular formula is C18H11Br2ClO3. The van der Waals surface area contributed by atoms with E-state index in [4.69, 9.17) is 21.1 Å². The maximum atomic E-state index is 11.9. The first-order chi connectivity index (χ1) is 11.5. The van der Waals surface area contributed by atoms with Gasteiger partial charge in [0.2, 0.25) is 0 Å². The lowest BCUT2D eigenvalue weighted by atomic mass is 10.1. The summed E-state index contributed by atoms with van der Waals surface area (Å²) in [5.41, 5.74) is 0. The van der Waals surface area contributed by atoms with Gasteiger partial charge < -0.3 is 9.47 Å². The first-order valence-electron chi connectivity index (χ1n) is 7.00. The van der Waals surface area contributed by atoms with Crippen LogP contribution in [-0.4, -0.2) is 12.6 Å². The Labute approximate surface area is 160 Å². The molecule has 0 N–H and O–H groups in total. The fraction of sp³-hybridized carbons (Fsp3) is 0.0556. The molecule has 0 atom stereocenters. The van der Waals surface area contributed by atoms with Crippen LogP contribution in [0.5, 0.6) is 11.5 Å². The van der Waals surface area contributed by atoms with Crippen LogP contribution in [0.3, 0.4) is 0 Å². The third-order valence-electron chi connectivity index (χ3n) is 3.27. The Morgan fingerprint density at radius 3 is 2.50 bits per heavy atom. The number of ether oxygens (including phenoxy) is 2. The molecule has 3 aromatic carbocycles. The minimum atomic E-state index is -0.486. The van der Waals surface area contributed by atoms with E-state index in [-0.39, 0.29) is 6.61 Å². The molecule has 122 valence electrons. The van der Waals surface area contributed by atoms with E-state index in [0.29, 0.717) is 16.5 Å². The Bertz CT molecular complexity index is 895. The van der Waals surface area contributed by atoms with E-state index in [2.05, 4.69) is 31.9 Å². The second-order valence-corrected chi connectivity index (χ2v) is 7.10. The molecule has 0 amide bonds. The van der Waals surface area contributed by atoms with Crippen molar-refractivity contribution in [2.45, 2.75) is 0 Å². The van der Waals surface area contributed by atoms with Crippen molar-refractivity contribution in [1.82, 2.24) is 0 Å². The summed E-state index contributed by atoms with van der Waals surface area (Å²) in [4.78, 5) is 11.9. The van der Waals surface area contributed by atoms with Gasteiger partial charge >= 0.3 is 5.97 Å². The zero-order valence-electron chi connectivity index (χ0n) is 12.3. The van der Waals surface area contributed by atoms with Crippen molar-refractivity contribution in [3.63, 3.8) is 0 Å². The van der Waals surface area contributed by atoms with Crippen LogP contribution in [0.4, 0.5) is 0 Å². The largest absolute Gasteiger partial charge is 0.481 e. The highest BCUT2D eigenvalue weighted by Gasteiger charge is 2.10. The van der Waals surface area contributed by atoms with E-state index < -0.39 is 5.97 Å². The molecule has 24 heavy (non-hydrogen) atoms. The molecule has 6 heteroatoms. The SMILES string of the molecule is O=C(COc1ccc2cc(Br)ccc2c1Br)Oc1ccc(Cl)cc1. The van der Waals surface area contributed by atoms with Crippen LogP contribution in [0.15, 0.2) is 63.5 Å². The summed E-state index contributed by atoms with van der Waals surface area (Å²) in [5.74, 6) is 0.522. The van der Waals surface area contributed by atoms with Crippen LogP contribution in [0.2, 0.25) is 5.02 Å². The van der Waals surface area contributed by atoms with Gasteiger partial charge in [0, 0.05) is 9.50 Å². The highest BCUT2D eigenvalue weighted by molar-refractivity contribution is 9.11. The average molecular weight is 471 g/mol. The normalized spacial score (nSPS) is 10.6. The number of halogens is 3. The standard InChI is InChI=1S/C18H11Br2ClO3/c19-12-2-7-15-11(9-12)1-8-16(18(15)20)23-10-17(22)24-14-5-3-13(21)4-6-14/h1-9H,10H2. The van der Waals surface area contributed by atoms with Crippen molar-refractivity contribution < 1.29 is 14.3 Å². The fourth-order valence-corrected chi connectivity index (χ4v) is 3.27. The Hall–Kier alpha value is -1.56. The summed E-state index contributed by atoms with van der Waals surface area (Å²) in [6.07, 6.45) is 0. The molecule has 0 radical (unpaired) electrons. The molecule has 0 bridgehead atoms. The van der Waals surface area contributed by atoms with Gasteiger partial charge in [-0.2, -0.15) is 0 Å². The van der Waals surface area contributed by atoms with Crippen molar-refractivity contribution in [3.8, 4) is 11.5 Å². The predicted molar refractivity (Wildman–Crippen MR) is 102 cm³/mol. The Balaban J connectivity index is 1.69. The minimum Gasteiger partial charge on any atom is -0.481 e. The van der Waals surface area contributed by atoms with Crippen molar-refractivity contribution >= 4 is 60.2 Å². The summed E-state index contributed by atoms with van der Waals surface area (Å²) in [7, 11) is 0. The predicted octanol–water partition coefficient (Wildman–Crippen LogP) is 6.00. The Morgan fingerprint density at radius 2 is 1.75 bits per heavy atom. The van der Waals surface area contributed by atoms with Gasteiger partial charge in [0.1, 0.15) is 11.5 Å². The average Bonchev–Trinajstić information content (AvgIpc) is 2.56. The lowest BCUT2D eigenvalue weighted by molar-refractivity contribution is -0.136. The Morgan fingerprint density at radius 1 is 1.00 bits per heavy atom. The van der Waals surface area contributed by atoms with Gasteiger partial charge in [0.25, 0.3) is 0 Å². The Kier molecular flexibility index (Phi) is 5.43. The van der Waals surface area contributed by atoms with E-state index in [1.54, 1.807) is 24.3 Å². The zero-order chi connectivity index (χ0) is 17.1. The molecule has 3 rings (SSSR count). The molecule has 3 aromatic rings. The number of rotatable bonds is 4. The molecular weight excluding hydrogens is 459 g/mol. The van der Waals surface area contributed by atoms with Gasteiger partial charge in [-0.25, -0.2) is 4.79 Å². The van der Waals surface area contributed by atoms with Gasteiger partial charge in [0.05, 0.1) is 4.47 Å². The number of benzene rings is 3. The summed E-state index contributed by atoms with van der Waals surface area (Å²) in [6, 6.07) is 16.3. The summed E-state index contributed by atoms with van der Waals surface area (Å²) >= 11 is 12.8. The molecule has 0 aliphatic heterocycles. The lowest BCUT2D eigenvalue weighted by Crippen LogP contribution is -2.17. The number of carbonyl (C=O) groups is 1. The van der Waals surface area contributed by atoms with E-state index >= 15 is 0 Å². The van der Waals surface area contributed by atoms with Crippen molar-refractivity contribution in [2.24, 2.45) is 0 Å². The lowest BCUT2D eigenvalue weighted by Gasteiger charge is -2.10. The van der Waals surface area contributed by atoms with Crippen LogP contribution in [-0.2, 0) is 4.79 Å². The number of hydrogen-bond donors (Lipinski definition) is 0. The maximum absolute atomic E-state index is 11.9. The molecule has 3 nitrogen and oxygen atoms in total. The number of carbonyl (C=O) groups excluding carboxylic acids is 1. The van der Waals surface area contributed by atoms with Crippen molar-refractivity contribution in [2.75, 3.05) is 6.61 Å². The summed E-state index contributed by atoms with van der Waals surface area (Å²) in [6.45, 7) is -0.191. The number of hydrogen-bond acceptors (Lipinski definition) is 3. The second kappa shape index (κ2) is 7.55. The van der Waals surface area contributed by atoms with E-state index in [0.717, 1.165) is 19.7 Å². The molecule has 0 unspecified atom stereocenters. The molecule has 0 fully saturated rings. The first-order valence-corrected chi connectivity index (χ1v) is 8.96. The quantitative estimate of drug-likeness (QED) is 0.346. The highest BCUT2D eigenvalue weighted by atomic mass is 79.9. The van der Waals surface area contributed by atoms with Gasteiger partial charge in [0.15, 0.2) is 6.61 Å². The van der Waals surface area contributed by atoms with Gasteiger partial charge in [-0.1, -0.05) is 39.7 Å². The van der Waals surface area contributed by atoms with Crippen molar-refractivity contribution in [1.29, 1.82) is 0 Å². The zero-order valence-corrected chi connectivity index (χ0v) is 16.2. The molecule has 0 aliphatic carbocycles. The molecule has 0 heterocycles. The monoisotopic (exact) mass is 468 g/mol. The fourth-order valence-electron chi connectivity index (χ4n) is 2.15. The van der Waals surface area contributed by atoms with E-state index in [9.17, 15) is 4.79 Å². The molecule has 0 aliphatic rings. The number of esters is 1. The van der Waals surface area contributed by atoms with Gasteiger partial charge in [-0.05, 0) is 69.2 Å². The first kappa shape index (κ1) is 17.3. The minimum absolute atomic E-state index is 0.191. The van der Waals surface area contributed by atoms with Crippen LogP contribution >= 0.6 is 43.5 Å². The second-order valence-electron chi connectivity index (χ2n) is 4.96. The van der Waals surface area contributed by atoms with Crippen LogP contribution in [0.1, 0.15) is 0 Å². The van der Waals surface area contributed by atoms with Crippen LogP contribution in [0.25, 0.3) is 10.8 Å². The summed E-state index contributed by atoms with van der Waals surface area (Å²) < 4.78 is 12.6. The van der Waals surface area contributed by atoms with E-state index in [1.165, 1.54) is 0 Å². The van der Waals surface area contributed by atoms with Gasteiger partial charge in [-0.15, -0.1) is 0 Å². The molecule has 0 aromatic heterocycles. The highest BCUT2D eigenvalue weighted by Crippen LogP contribution is 2.34. The van der Waals surface area contributed by atoms with Gasteiger partial charge in [-0.3, -0.25) is 0 Å². The van der Waals surface area contributed by atoms with Crippen LogP contribution < -0.4 is 9.47 Å². The number of fused-ring (bicyclic) bond motifs is 1. The molecule has 0 saturated carbocycles. The van der Waals surface area contributed by atoms with Crippen LogP contribution in [0, 0.1) is 0 Å². The van der Waals surface area contributed by atoms with Crippen molar-refractivity contribution in [3.05, 3.63) is 68.6 Å². The smallest absolute Gasteiger partial charge is 0.349 e. The molecule has 0 saturated heterocycles. The topological polar surface area (TPSA) is 35.5 Å². The third kappa shape index (κ3) is 4.09. The molecule has 0 spiro atoms.